The van der Waals surface area contributed by atoms with Crippen molar-refractivity contribution in [3.05, 3.63) is 47.0 Å². The fraction of sp³-hybridized carbons (Fsp3) is 0.444. The second-order valence-corrected chi connectivity index (χ2v) is 5.07. The first-order valence-corrected chi connectivity index (χ1v) is 6.91. The maximum atomic E-state index is 3.37. The third kappa shape index (κ3) is 4.80. The van der Waals surface area contributed by atoms with Gasteiger partial charge in [0.2, 0.25) is 0 Å². The van der Waals surface area contributed by atoms with Crippen LogP contribution in [0.5, 0.6) is 0 Å². The lowest BCUT2D eigenvalue weighted by molar-refractivity contribution is 0.740. The lowest BCUT2D eigenvalue weighted by atomic mass is 9.95. The van der Waals surface area contributed by atoms with Crippen molar-refractivity contribution in [2.45, 2.75) is 47.0 Å². The first kappa shape index (κ1) is 14.6. The van der Waals surface area contributed by atoms with E-state index >= 15 is 0 Å². The molecule has 0 saturated heterocycles. The van der Waals surface area contributed by atoms with Gasteiger partial charge < -0.3 is 0 Å². The number of benzene rings is 1. The number of unbranched alkanes of at least 4 members (excludes halogenated alkanes) is 1. The van der Waals surface area contributed by atoms with Crippen molar-refractivity contribution < 1.29 is 0 Å². The highest BCUT2D eigenvalue weighted by Gasteiger charge is 2.04. The van der Waals surface area contributed by atoms with Crippen LogP contribution in [0.2, 0.25) is 0 Å². The van der Waals surface area contributed by atoms with Gasteiger partial charge in [0.1, 0.15) is 0 Å². The summed E-state index contributed by atoms with van der Waals surface area (Å²) in [4.78, 5) is 0. The van der Waals surface area contributed by atoms with Crippen molar-refractivity contribution >= 4 is 0 Å². The van der Waals surface area contributed by atoms with Gasteiger partial charge in [0, 0.05) is 11.1 Å². The number of hydrogen-bond acceptors (Lipinski definition) is 0. The Balaban J connectivity index is 2.91. The molecule has 0 aliphatic rings. The lowest BCUT2D eigenvalue weighted by Gasteiger charge is -2.09. The Labute approximate surface area is 112 Å². The average molecular weight is 240 g/mol. The molecule has 0 atom stereocenters. The van der Waals surface area contributed by atoms with Gasteiger partial charge in [0.05, 0.1) is 0 Å². The molecule has 1 rings (SSSR count). The van der Waals surface area contributed by atoms with E-state index in [1.54, 1.807) is 0 Å². The normalized spacial score (nSPS) is 11.8. The fourth-order valence-electron chi connectivity index (χ4n) is 1.98. The summed E-state index contributed by atoms with van der Waals surface area (Å²) in [6.07, 6.45) is 3.68. The van der Waals surface area contributed by atoms with E-state index in [0.717, 1.165) is 5.56 Å². The van der Waals surface area contributed by atoms with Crippen LogP contribution < -0.4 is 0 Å². The minimum absolute atomic E-state index is 0.512. The summed E-state index contributed by atoms with van der Waals surface area (Å²) in [7, 11) is 0. The molecule has 0 nitrogen and oxygen atoms in total. The highest BCUT2D eigenvalue weighted by Crippen LogP contribution is 2.18. The molecule has 0 radical (unpaired) electrons. The topological polar surface area (TPSA) is 0 Å². The summed E-state index contributed by atoms with van der Waals surface area (Å²) in [5.41, 5.74) is 3.86. The summed E-state index contributed by atoms with van der Waals surface area (Å²) < 4.78 is 0. The Kier molecular flexibility index (Phi) is 6.29. The molecule has 0 fully saturated rings. The van der Waals surface area contributed by atoms with Gasteiger partial charge in [-0.2, -0.15) is 0 Å². The van der Waals surface area contributed by atoms with Gasteiger partial charge in [-0.25, -0.2) is 0 Å². The summed E-state index contributed by atoms with van der Waals surface area (Å²) in [6.45, 7) is 8.91. The number of hydrogen-bond donors (Lipinski definition) is 0. The Morgan fingerprint density at radius 1 is 1.17 bits per heavy atom. The minimum Gasteiger partial charge on any atom is -0.0659 e. The molecule has 0 amide bonds. The zero-order valence-electron chi connectivity index (χ0n) is 12.1. The Morgan fingerprint density at radius 3 is 2.39 bits per heavy atom. The Morgan fingerprint density at radius 2 is 1.83 bits per heavy atom. The molecule has 1 aromatic carbocycles. The highest BCUT2D eigenvalue weighted by atomic mass is 14.1. The van der Waals surface area contributed by atoms with Crippen LogP contribution in [0.3, 0.4) is 0 Å². The third-order valence-electron chi connectivity index (χ3n) is 3.06. The first-order chi connectivity index (χ1) is 8.65. The van der Waals surface area contributed by atoms with Crippen molar-refractivity contribution in [2.75, 3.05) is 0 Å². The summed E-state index contributed by atoms with van der Waals surface area (Å²) in [5.74, 6) is 7.16. The second kappa shape index (κ2) is 7.77. The van der Waals surface area contributed by atoms with Gasteiger partial charge in [-0.05, 0) is 37.8 Å². The molecule has 0 bridgehead atoms. The monoisotopic (exact) mass is 240 g/mol. The summed E-state index contributed by atoms with van der Waals surface area (Å²) >= 11 is 0. The van der Waals surface area contributed by atoms with Crippen molar-refractivity contribution in [1.29, 1.82) is 0 Å². The van der Waals surface area contributed by atoms with Crippen LogP contribution in [0.1, 0.15) is 52.5 Å². The molecule has 18 heavy (non-hydrogen) atoms. The van der Waals surface area contributed by atoms with Gasteiger partial charge in [-0.3, -0.25) is 0 Å². The van der Waals surface area contributed by atoms with Gasteiger partial charge >= 0.3 is 0 Å². The predicted octanol–water partition coefficient (Wildman–Crippen LogP) is 5.20. The quantitative estimate of drug-likeness (QED) is 0.634. The van der Waals surface area contributed by atoms with E-state index in [-0.39, 0.29) is 0 Å². The van der Waals surface area contributed by atoms with E-state index in [1.807, 2.05) is 18.2 Å². The molecule has 1 aromatic rings. The number of rotatable bonds is 4. The van der Waals surface area contributed by atoms with Crippen molar-refractivity contribution in [2.24, 2.45) is 5.92 Å². The molecular weight excluding hydrogens is 216 g/mol. The van der Waals surface area contributed by atoms with Crippen LogP contribution in [0.4, 0.5) is 0 Å². The molecular formula is C18H24. The summed E-state index contributed by atoms with van der Waals surface area (Å²) in [5, 5.41) is 0. The SMILES string of the molecule is CCCC/C(C)=C(/C#Cc1ccccc1)C(C)C. The third-order valence-corrected chi connectivity index (χ3v) is 3.06. The molecule has 96 valence electrons. The van der Waals surface area contributed by atoms with E-state index in [1.165, 1.54) is 30.4 Å². The highest BCUT2D eigenvalue weighted by molar-refractivity contribution is 5.42. The molecule has 0 unspecified atom stereocenters. The smallest absolute Gasteiger partial charge is 0.0248 e. The zero-order chi connectivity index (χ0) is 13.4. The van der Waals surface area contributed by atoms with Gasteiger partial charge in [-0.1, -0.05) is 62.8 Å². The van der Waals surface area contributed by atoms with E-state index in [2.05, 4.69) is 51.7 Å². The second-order valence-electron chi connectivity index (χ2n) is 5.07. The van der Waals surface area contributed by atoms with Gasteiger partial charge in [0.15, 0.2) is 0 Å². The van der Waals surface area contributed by atoms with Crippen molar-refractivity contribution in [3.63, 3.8) is 0 Å². The molecule has 0 spiro atoms. The molecule has 0 saturated carbocycles. The summed E-state index contributed by atoms with van der Waals surface area (Å²) in [6, 6.07) is 10.2. The molecule has 0 heterocycles. The van der Waals surface area contributed by atoms with Crippen LogP contribution in [0, 0.1) is 17.8 Å². The Hall–Kier alpha value is -1.48. The van der Waals surface area contributed by atoms with Crippen molar-refractivity contribution in [1.82, 2.24) is 0 Å². The average Bonchev–Trinajstić information content (AvgIpc) is 2.37. The first-order valence-electron chi connectivity index (χ1n) is 6.91. The fourth-order valence-corrected chi connectivity index (χ4v) is 1.98. The lowest BCUT2D eigenvalue weighted by Crippen LogP contribution is -1.96. The zero-order valence-corrected chi connectivity index (χ0v) is 12.1. The molecule has 0 aliphatic heterocycles. The Bertz CT molecular complexity index is 438. The van der Waals surface area contributed by atoms with Gasteiger partial charge in [0.25, 0.3) is 0 Å². The van der Waals surface area contributed by atoms with Crippen molar-refractivity contribution in [3.8, 4) is 11.8 Å². The van der Waals surface area contributed by atoms with E-state index in [0.29, 0.717) is 5.92 Å². The standard InChI is InChI=1S/C18H24/c1-5-6-10-16(4)18(15(2)3)14-13-17-11-8-7-9-12-17/h7-9,11-12,15H,5-6,10H2,1-4H3/b18-16-. The molecule has 0 aliphatic carbocycles. The molecule has 0 N–H and O–H groups in total. The van der Waals surface area contributed by atoms with Crippen LogP contribution in [-0.4, -0.2) is 0 Å². The van der Waals surface area contributed by atoms with Crippen LogP contribution in [0.15, 0.2) is 41.5 Å². The minimum atomic E-state index is 0.512. The van der Waals surface area contributed by atoms with Crippen LogP contribution in [0.25, 0.3) is 0 Å². The van der Waals surface area contributed by atoms with Crippen LogP contribution in [-0.2, 0) is 0 Å². The number of allylic oxidation sites excluding steroid dienone is 2. The van der Waals surface area contributed by atoms with E-state index < -0.39 is 0 Å². The predicted molar refractivity (Wildman–Crippen MR) is 80.4 cm³/mol. The maximum absolute atomic E-state index is 3.37. The maximum Gasteiger partial charge on any atom is 0.0248 e. The van der Waals surface area contributed by atoms with E-state index in [4.69, 9.17) is 0 Å². The van der Waals surface area contributed by atoms with E-state index in [9.17, 15) is 0 Å². The largest absolute Gasteiger partial charge is 0.0659 e. The molecule has 0 heteroatoms. The molecule has 0 aromatic heterocycles. The van der Waals surface area contributed by atoms with Crippen LogP contribution >= 0.6 is 0 Å². The van der Waals surface area contributed by atoms with Gasteiger partial charge in [-0.15, -0.1) is 0 Å².